The second-order valence-corrected chi connectivity index (χ2v) is 19.5. The van der Waals surface area contributed by atoms with Crippen molar-refractivity contribution in [3.05, 3.63) is 246 Å². The second kappa shape index (κ2) is 14.6. The third-order valence-electron chi connectivity index (χ3n) is 15.5. The summed E-state index contributed by atoms with van der Waals surface area (Å²) in [4.78, 5) is 5.89. The molecule has 0 saturated carbocycles. The molecular weight excluding hydrogens is 823 g/mol. The number of fused-ring (bicyclic) bond motifs is 11. The topological polar surface area (TPSA) is 22.2 Å². The Labute approximate surface area is 395 Å². The maximum Gasteiger partial charge on any atom is 0.0716 e. The average Bonchev–Trinajstić information content (AvgIpc) is 3.98. The van der Waals surface area contributed by atoms with E-state index < -0.39 is 0 Å². The molecule has 0 fully saturated rings. The van der Waals surface area contributed by atoms with Gasteiger partial charge in [-0.25, -0.2) is 0 Å². The van der Waals surface area contributed by atoms with Crippen LogP contribution in [-0.4, -0.2) is 14.8 Å². The number of rotatable bonds is 5. The number of allylic oxidation sites excluding steroid dienone is 1. The molecule has 14 rings (SSSR count). The maximum absolute atomic E-state index is 5.89. The van der Waals surface area contributed by atoms with Crippen molar-refractivity contribution in [1.29, 1.82) is 0 Å². The van der Waals surface area contributed by atoms with Crippen LogP contribution in [0.5, 0.6) is 0 Å². The van der Waals surface area contributed by atoms with E-state index in [1.807, 2.05) is 0 Å². The van der Waals surface area contributed by atoms with E-state index in [1.165, 1.54) is 104 Å². The molecule has 2 aliphatic rings. The van der Waals surface area contributed by atoms with E-state index in [0.29, 0.717) is 0 Å². The molecule has 2 unspecified atom stereocenters. The molecule has 1 aliphatic carbocycles. The lowest BCUT2D eigenvalue weighted by Crippen LogP contribution is -2.31. The minimum atomic E-state index is -0.263. The second-order valence-electron chi connectivity index (χ2n) is 19.5. The average molecular weight is 870 g/mol. The Kier molecular flexibility index (Phi) is 8.37. The van der Waals surface area contributed by atoms with E-state index in [-0.39, 0.29) is 17.3 Å². The van der Waals surface area contributed by atoms with Crippen molar-refractivity contribution in [2.75, 3.05) is 0 Å². The van der Waals surface area contributed by atoms with Crippen molar-refractivity contribution < 1.29 is 0 Å². The third-order valence-corrected chi connectivity index (χ3v) is 15.5. The molecule has 2 aromatic heterocycles. The van der Waals surface area contributed by atoms with E-state index in [4.69, 9.17) is 4.99 Å². The quantitative estimate of drug-likeness (QED) is 0.164. The van der Waals surface area contributed by atoms with E-state index in [1.54, 1.807) is 0 Å². The van der Waals surface area contributed by atoms with Gasteiger partial charge in [-0.15, -0.1) is 0 Å². The van der Waals surface area contributed by atoms with Crippen LogP contribution in [0.15, 0.2) is 229 Å². The zero-order valence-corrected chi connectivity index (χ0v) is 38.3. The smallest absolute Gasteiger partial charge is 0.0716 e. The number of para-hydroxylation sites is 2. The summed E-state index contributed by atoms with van der Waals surface area (Å²) in [5.41, 5.74) is 18.1. The van der Waals surface area contributed by atoms with Crippen molar-refractivity contribution in [3.8, 4) is 22.5 Å². The molecule has 0 radical (unpaired) electrons. The summed E-state index contributed by atoms with van der Waals surface area (Å²) in [6.07, 6.45) is 0. The minimum absolute atomic E-state index is 0.0514. The predicted octanol–water partition coefficient (Wildman–Crippen LogP) is 16.8. The van der Waals surface area contributed by atoms with Crippen molar-refractivity contribution in [2.24, 2.45) is 10.9 Å². The largest absolute Gasteiger partial charge is 0.309 e. The Balaban J connectivity index is 0.995. The van der Waals surface area contributed by atoms with Gasteiger partial charge in [-0.1, -0.05) is 185 Å². The van der Waals surface area contributed by atoms with Gasteiger partial charge in [0, 0.05) is 61.1 Å². The molecule has 322 valence electrons. The molecule has 0 amide bonds. The number of aliphatic imine (C=N–C) groups is 1. The summed E-state index contributed by atoms with van der Waals surface area (Å²) in [6.45, 7) is 7.28. The van der Waals surface area contributed by atoms with Crippen LogP contribution in [0.1, 0.15) is 48.9 Å². The highest BCUT2D eigenvalue weighted by molar-refractivity contribution is 6.21. The van der Waals surface area contributed by atoms with Crippen LogP contribution in [0, 0.1) is 5.92 Å². The van der Waals surface area contributed by atoms with Crippen LogP contribution < -0.4 is 0 Å². The van der Waals surface area contributed by atoms with Gasteiger partial charge >= 0.3 is 0 Å². The van der Waals surface area contributed by atoms with Crippen molar-refractivity contribution in [1.82, 2.24) is 9.13 Å². The number of benzene rings is 10. The normalized spacial score (nSPS) is 16.6. The van der Waals surface area contributed by atoms with E-state index in [9.17, 15) is 0 Å². The van der Waals surface area contributed by atoms with Gasteiger partial charge in [-0.05, 0) is 104 Å². The maximum atomic E-state index is 5.89. The first-order chi connectivity index (χ1) is 33.4. The Morgan fingerprint density at radius 3 is 1.88 bits per heavy atom. The van der Waals surface area contributed by atoms with Crippen LogP contribution >= 0.6 is 0 Å². The molecule has 0 bridgehead atoms. The summed E-state index contributed by atoms with van der Waals surface area (Å²) in [6, 6.07) is 80.8. The first kappa shape index (κ1) is 38.9. The van der Waals surface area contributed by atoms with E-state index in [2.05, 4.69) is 248 Å². The Morgan fingerprint density at radius 1 is 0.441 bits per heavy atom. The number of hydrogen-bond donors (Lipinski definition) is 0. The Morgan fingerprint density at radius 2 is 1.09 bits per heavy atom. The number of nitrogens with zero attached hydrogens (tertiary/aromatic N) is 3. The van der Waals surface area contributed by atoms with Gasteiger partial charge in [0.15, 0.2) is 0 Å². The van der Waals surface area contributed by atoms with Crippen LogP contribution in [0.2, 0.25) is 0 Å². The van der Waals surface area contributed by atoms with Crippen molar-refractivity contribution >= 4 is 76.6 Å². The monoisotopic (exact) mass is 869 g/mol. The number of hydrogen-bond acceptors (Lipinski definition) is 1. The van der Waals surface area contributed by atoms with Gasteiger partial charge in [0.2, 0.25) is 0 Å². The highest BCUT2D eigenvalue weighted by Gasteiger charge is 2.47. The van der Waals surface area contributed by atoms with Crippen LogP contribution in [0.3, 0.4) is 0 Å². The molecule has 10 aromatic carbocycles. The number of aromatic nitrogens is 2. The van der Waals surface area contributed by atoms with Gasteiger partial charge in [-0.2, -0.15) is 0 Å². The predicted molar refractivity (Wildman–Crippen MR) is 287 cm³/mol. The van der Waals surface area contributed by atoms with Crippen molar-refractivity contribution in [3.63, 3.8) is 0 Å². The molecule has 0 spiro atoms. The highest BCUT2D eigenvalue weighted by atomic mass is 15.0. The molecule has 12 aromatic rings. The van der Waals surface area contributed by atoms with Gasteiger partial charge < -0.3 is 9.13 Å². The van der Waals surface area contributed by atoms with E-state index in [0.717, 1.165) is 22.7 Å². The van der Waals surface area contributed by atoms with Gasteiger partial charge in [0.25, 0.3) is 0 Å². The molecule has 3 heterocycles. The lowest BCUT2D eigenvalue weighted by molar-refractivity contribution is 0.526. The Bertz CT molecular complexity index is 4110. The molecule has 68 heavy (non-hydrogen) atoms. The first-order valence-corrected chi connectivity index (χ1v) is 24.0. The third kappa shape index (κ3) is 5.56. The fourth-order valence-corrected chi connectivity index (χ4v) is 12.4. The SMILES string of the molecule is CC1C(c2ccc(-n3c4cc5ccccc5cc4c4ccc5ccccc5c43)cc2)=NC2=C(C1c1cccc3c1c1ccccc1n3-c1ccccc1)C(C)(C)c1ccc(-c3ccccc3)cc12. The molecule has 0 saturated heterocycles. The van der Waals surface area contributed by atoms with Crippen LogP contribution in [-0.2, 0) is 5.41 Å². The summed E-state index contributed by atoms with van der Waals surface area (Å²) < 4.78 is 4.94. The molecular formula is C65H47N3. The minimum Gasteiger partial charge on any atom is -0.309 e. The lowest BCUT2D eigenvalue weighted by atomic mass is 9.66. The Hall–Kier alpha value is -8.27. The van der Waals surface area contributed by atoms with Crippen LogP contribution in [0.4, 0.5) is 0 Å². The van der Waals surface area contributed by atoms with Gasteiger partial charge in [-0.3, -0.25) is 4.99 Å². The lowest BCUT2D eigenvalue weighted by Gasteiger charge is -2.38. The summed E-state index contributed by atoms with van der Waals surface area (Å²) in [5.74, 6) is 0.116. The summed E-state index contributed by atoms with van der Waals surface area (Å²) >= 11 is 0. The van der Waals surface area contributed by atoms with Gasteiger partial charge in [0.05, 0.1) is 33.5 Å². The zero-order valence-electron chi connectivity index (χ0n) is 38.3. The summed E-state index contributed by atoms with van der Waals surface area (Å²) in [5, 5.41) is 10.1. The standard InChI is InChI=1S/C65H47N3/c1-40-59(52-26-16-28-57-60(52)51-25-14-15-27-56(51)67(57)47-22-8-5-9-23-47)61-63(54-38-46(41-17-6-4-7-18-41)32-36-55(54)65(61,2)3)66-62(40)43-29-33-48(34-30-43)68-58-39-45-21-11-10-20-44(45)37-53(58)50-35-31-42-19-12-13-24-49(42)64(50)68/h4-40,59H,1-3H3. The zero-order chi connectivity index (χ0) is 45.3. The highest BCUT2D eigenvalue weighted by Crippen LogP contribution is 2.58. The molecule has 2 atom stereocenters. The molecule has 0 N–H and O–H groups in total. The summed E-state index contributed by atoms with van der Waals surface area (Å²) in [7, 11) is 0. The fourth-order valence-electron chi connectivity index (χ4n) is 12.4. The van der Waals surface area contributed by atoms with Crippen LogP contribution in [0.25, 0.3) is 93.4 Å². The van der Waals surface area contributed by atoms with E-state index >= 15 is 0 Å². The molecule has 3 nitrogen and oxygen atoms in total. The molecule has 3 heteroatoms. The van der Waals surface area contributed by atoms with Gasteiger partial charge in [0.1, 0.15) is 0 Å². The fraction of sp³-hybridized carbons (Fsp3) is 0.0923. The first-order valence-electron chi connectivity index (χ1n) is 24.0. The van der Waals surface area contributed by atoms with Crippen molar-refractivity contribution in [2.45, 2.75) is 32.1 Å². The molecule has 1 aliphatic heterocycles.